The van der Waals surface area contributed by atoms with Gasteiger partial charge in [-0.15, -0.1) is 0 Å². The fourth-order valence-corrected chi connectivity index (χ4v) is 2.32. The van der Waals surface area contributed by atoms with Gasteiger partial charge in [0.15, 0.2) is 0 Å². The van der Waals surface area contributed by atoms with Gasteiger partial charge >= 0.3 is 0 Å². The Balaban J connectivity index is 1.64. The van der Waals surface area contributed by atoms with Crippen molar-refractivity contribution in [2.24, 2.45) is 0 Å². The maximum atomic E-state index is 3.56. The average molecular weight is 260 g/mol. The van der Waals surface area contributed by atoms with Crippen molar-refractivity contribution in [1.82, 2.24) is 10.2 Å². The Morgan fingerprint density at radius 1 is 1.32 bits per heavy atom. The summed E-state index contributed by atoms with van der Waals surface area (Å²) < 4.78 is 0. The van der Waals surface area contributed by atoms with Gasteiger partial charge in [0.05, 0.1) is 0 Å². The van der Waals surface area contributed by atoms with Gasteiger partial charge in [0.1, 0.15) is 0 Å². The third-order valence-corrected chi connectivity index (χ3v) is 4.07. The largest absolute Gasteiger partial charge is 0.313 e. The Morgan fingerprint density at radius 2 is 2.11 bits per heavy atom. The van der Waals surface area contributed by atoms with E-state index in [1.807, 2.05) is 0 Å². The molecule has 2 heteroatoms. The maximum Gasteiger partial charge on any atom is 0.0205 e. The van der Waals surface area contributed by atoms with Crippen molar-refractivity contribution < 1.29 is 0 Å². The zero-order valence-electron chi connectivity index (χ0n) is 12.7. The molecule has 0 unspecified atom stereocenters. The monoisotopic (exact) mass is 260 g/mol. The van der Waals surface area contributed by atoms with Gasteiger partial charge in [-0.05, 0) is 70.3 Å². The van der Waals surface area contributed by atoms with Crippen molar-refractivity contribution >= 4 is 0 Å². The van der Waals surface area contributed by atoms with E-state index in [4.69, 9.17) is 0 Å². The highest BCUT2D eigenvalue weighted by Gasteiger charge is 2.23. The molecule has 19 heavy (non-hydrogen) atoms. The summed E-state index contributed by atoms with van der Waals surface area (Å²) in [5, 5.41) is 3.56. The third kappa shape index (κ3) is 4.96. The molecule has 1 aliphatic rings. The van der Waals surface area contributed by atoms with E-state index in [1.54, 1.807) is 5.56 Å². The van der Waals surface area contributed by atoms with Crippen LogP contribution in [0.1, 0.15) is 50.2 Å². The van der Waals surface area contributed by atoms with Crippen LogP contribution in [0.2, 0.25) is 0 Å². The van der Waals surface area contributed by atoms with Crippen LogP contribution in [0.3, 0.4) is 0 Å². The summed E-state index contributed by atoms with van der Waals surface area (Å²) in [6.07, 6.45) is 3.99. The first-order chi connectivity index (χ1) is 9.16. The average Bonchev–Trinajstić information content (AvgIpc) is 3.22. The smallest absolute Gasteiger partial charge is 0.0205 e. The van der Waals surface area contributed by atoms with E-state index in [9.17, 15) is 0 Å². The predicted molar refractivity (Wildman–Crippen MR) is 82.5 cm³/mol. The first-order valence-corrected chi connectivity index (χ1v) is 7.66. The summed E-state index contributed by atoms with van der Waals surface area (Å²) >= 11 is 0. The topological polar surface area (TPSA) is 15.3 Å². The van der Waals surface area contributed by atoms with Gasteiger partial charge in [0.25, 0.3) is 0 Å². The summed E-state index contributed by atoms with van der Waals surface area (Å²) in [5.41, 5.74) is 2.97. The van der Waals surface area contributed by atoms with E-state index in [0.717, 1.165) is 19.0 Å². The molecule has 0 saturated heterocycles. The lowest BCUT2D eigenvalue weighted by Gasteiger charge is -2.20. The molecule has 1 aromatic rings. The van der Waals surface area contributed by atoms with E-state index in [-0.39, 0.29) is 0 Å². The molecule has 0 amide bonds. The van der Waals surface area contributed by atoms with Crippen molar-refractivity contribution in [3.8, 4) is 0 Å². The van der Waals surface area contributed by atoms with Crippen LogP contribution < -0.4 is 5.32 Å². The molecule has 0 spiro atoms. The number of nitrogens with one attached hydrogen (secondary N) is 1. The minimum absolute atomic E-state index is 0.648. The number of rotatable bonds is 8. The maximum absolute atomic E-state index is 3.56. The standard InChI is InChI=1S/C17H28N2/c1-14(2)19(3)11-5-10-18-13-15-6-4-7-17(12-15)16-8-9-16/h4,6-7,12,14,16,18H,5,8-11,13H2,1-3H3. The summed E-state index contributed by atoms with van der Waals surface area (Å²) in [5.74, 6) is 0.861. The fourth-order valence-electron chi connectivity index (χ4n) is 2.32. The first-order valence-electron chi connectivity index (χ1n) is 7.66. The minimum Gasteiger partial charge on any atom is -0.313 e. The Labute approximate surface area is 118 Å². The summed E-state index contributed by atoms with van der Waals surface area (Å²) in [4.78, 5) is 2.40. The zero-order valence-corrected chi connectivity index (χ0v) is 12.7. The van der Waals surface area contributed by atoms with Crippen LogP contribution in [-0.2, 0) is 6.54 Å². The highest BCUT2D eigenvalue weighted by Crippen LogP contribution is 2.40. The van der Waals surface area contributed by atoms with Crippen LogP contribution in [0.5, 0.6) is 0 Å². The fraction of sp³-hybridized carbons (Fsp3) is 0.647. The van der Waals surface area contributed by atoms with Crippen LogP contribution in [0.25, 0.3) is 0 Å². The van der Waals surface area contributed by atoms with Crippen LogP contribution in [0, 0.1) is 0 Å². The van der Waals surface area contributed by atoms with Gasteiger partial charge in [0.2, 0.25) is 0 Å². The van der Waals surface area contributed by atoms with Gasteiger partial charge in [-0.25, -0.2) is 0 Å². The highest BCUT2D eigenvalue weighted by atomic mass is 15.1. The van der Waals surface area contributed by atoms with E-state index in [2.05, 4.69) is 55.4 Å². The zero-order chi connectivity index (χ0) is 13.7. The SMILES string of the molecule is CC(C)N(C)CCCNCc1cccc(C2CC2)c1. The Morgan fingerprint density at radius 3 is 2.79 bits per heavy atom. The number of nitrogens with zero attached hydrogens (tertiary/aromatic N) is 1. The molecule has 0 atom stereocenters. The Kier molecular flexibility index (Phi) is 5.41. The molecule has 0 bridgehead atoms. The lowest BCUT2D eigenvalue weighted by molar-refractivity contribution is 0.269. The molecular formula is C17H28N2. The molecule has 0 radical (unpaired) electrons. The van der Waals surface area contributed by atoms with Gasteiger partial charge in [-0.2, -0.15) is 0 Å². The Bertz CT molecular complexity index is 383. The summed E-state index contributed by atoms with van der Waals surface area (Å²) in [7, 11) is 2.20. The van der Waals surface area contributed by atoms with Crippen LogP contribution in [-0.4, -0.2) is 31.1 Å². The normalized spacial score (nSPS) is 15.4. The van der Waals surface area contributed by atoms with E-state index >= 15 is 0 Å². The number of hydrogen-bond donors (Lipinski definition) is 1. The Hall–Kier alpha value is -0.860. The number of hydrogen-bond acceptors (Lipinski definition) is 2. The van der Waals surface area contributed by atoms with Gasteiger partial charge < -0.3 is 10.2 Å². The minimum atomic E-state index is 0.648. The lowest BCUT2D eigenvalue weighted by atomic mass is 10.1. The van der Waals surface area contributed by atoms with E-state index in [0.29, 0.717) is 6.04 Å². The molecule has 0 heterocycles. The molecule has 1 N–H and O–H groups in total. The molecule has 0 aromatic heterocycles. The van der Waals surface area contributed by atoms with E-state index in [1.165, 1.54) is 31.4 Å². The number of benzene rings is 1. The van der Waals surface area contributed by atoms with Crippen LogP contribution >= 0.6 is 0 Å². The molecule has 1 fully saturated rings. The molecule has 2 nitrogen and oxygen atoms in total. The molecule has 2 rings (SSSR count). The molecule has 106 valence electrons. The van der Waals surface area contributed by atoms with Crippen molar-refractivity contribution in [2.75, 3.05) is 20.1 Å². The quantitative estimate of drug-likeness (QED) is 0.721. The summed E-state index contributed by atoms with van der Waals surface area (Å²) in [6, 6.07) is 9.75. The van der Waals surface area contributed by atoms with Crippen molar-refractivity contribution in [1.29, 1.82) is 0 Å². The molecule has 1 aromatic carbocycles. The summed E-state index contributed by atoms with van der Waals surface area (Å²) in [6.45, 7) is 7.77. The van der Waals surface area contributed by atoms with E-state index < -0.39 is 0 Å². The van der Waals surface area contributed by atoms with Crippen LogP contribution in [0.4, 0.5) is 0 Å². The van der Waals surface area contributed by atoms with Gasteiger partial charge in [-0.1, -0.05) is 24.3 Å². The van der Waals surface area contributed by atoms with Crippen molar-refractivity contribution in [3.63, 3.8) is 0 Å². The molecule has 1 aliphatic carbocycles. The van der Waals surface area contributed by atoms with Crippen LogP contribution in [0.15, 0.2) is 24.3 Å². The molecular weight excluding hydrogens is 232 g/mol. The third-order valence-electron chi connectivity index (χ3n) is 4.07. The van der Waals surface area contributed by atoms with Crippen molar-refractivity contribution in [3.05, 3.63) is 35.4 Å². The van der Waals surface area contributed by atoms with Crippen molar-refractivity contribution in [2.45, 2.75) is 51.6 Å². The highest BCUT2D eigenvalue weighted by molar-refractivity contribution is 5.29. The lowest BCUT2D eigenvalue weighted by Crippen LogP contribution is -2.29. The molecule has 0 aliphatic heterocycles. The predicted octanol–water partition coefficient (Wildman–Crippen LogP) is 3.38. The second-order valence-electron chi connectivity index (χ2n) is 6.12. The first kappa shape index (κ1) is 14.5. The molecule has 1 saturated carbocycles. The van der Waals surface area contributed by atoms with Gasteiger partial charge in [-0.3, -0.25) is 0 Å². The second-order valence-corrected chi connectivity index (χ2v) is 6.12. The van der Waals surface area contributed by atoms with Gasteiger partial charge in [0, 0.05) is 12.6 Å². The second kappa shape index (κ2) is 7.06.